The maximum atomic E-state index is 4.00. The van der Waals surface area contributed by atoms with Crippen LogP contribution in [-0.2, 0) is 0 Å². The molecule has 0 bridgehead atoms. The van der Waals surface area contributed by atoms with Crippen LogP contribution >= 0.6 is 861 Å². The molecule has 0 aromatic rings. The predicted molar refractivity (Wildman–Crippen MR) is 899 cm³/mol. The molecular formula is H109KP108. The summed E-state index contributed by atoms with van der Waals surface area (Å²) in [5.74, 6) is 0. The zero-order valence-electron chi connectivity index (χ0n) is 56.4. The quantitative estimate of drug-likeness (QED) is 0.0421. The van der Waals surface area contributed by atoms with E-state index >= 15 is 0 Å². The Morgan fingerprint density at radius 2 is 0.202 bits per heavy atom. The van der Waals surface area contributed by atoms with Gasteiger partial charge in [0.1, 0.15) is 0 Å². The molecule has 0 aromatic heterocycles. The van der Waals surface area contributed by atoms with Crippen molar-refractivity contribution in [2.24, 2.45) is 0 Å². The summed E-state index contributed by atoms with van der Waals surface area (Å²) in [5, 5.41) is 0. The standard InChI is InChI=1S/K.H109P108/c;1-55-83(54)99(86(57(2)3)58(4)5)101(104(89(63(14)15)64(16)17)90(65(18)19)66(20)21)84(100(87(59(6)7)60(8)9)88(61(10)11)62(12)13)56-85(102(105(91(67(22)23)68(24)25)92(69(26)27)70(28)29)106(93(71(30)31)72(32)33)94(73(34)35)74(36)37)103(107(95(75(38)39)76(40)41)96(77(42)43)78(44)45)108(97(79(46)47)80(48)49)98(81(50)51)82(52)53/h;55H,1-54H2/q+1;-1. The van der Waals surface area contributed by atoms with Crippen LogP contribution in [0.4, 0.5) is 0 Å². The minimum Gasteiger partial charge on any atom is -0.453 e. The van der Waals surface area contributed by atoms with Crippen LogP contribution in [0.1, 0.15) is 0 Å². The van der Waals surface area contributed by atoms with E-state index in [9.17, 15) is 0 Å². The van der Waals surface area contributed by atoms with Crippen LogP contribution < -0.4 is 51.4 Å². The largest absolute Gasteiger partial charge is 1.00 e. The van der Waals surface area contributed by atoms with Gasteiger partial charge in [-0.3, -0.25) is 0 Å². The van der Waals surface area contributed by atoms with E-state index < -0.39 is 321 Å². The first kappa shape index (κ1) is 159. The first-order chi connectivity index (χ1) is 49.2. The van der Waals surface area contributed by atoms with E-state index in [1.165, 1.54) is 0 Å². The normalized spacial score (nSPS) is 15.8. The Balaban J connectivity index is 0. The first-order valence-corrected chi connectivity index (χ1v) is 221. The Hall–Kier alpha value is 48.1. The fraction of sp³-hybridized carbons (Fsp3) is 0. The molecule has 0 fully saturated rings. The maximum absolute atomic E-state index is 4.00. The average molecular weight is 3490 g/mol. The Morgan fingerprint density at radius 3 is 0.303 bits per heavy atom. The number of hydrogen-bond acceptors (Lipinski definition) is 0. The molecule has 0 amide bonds. The topological polar surface area (TPSA) is 0 Å². The van der Waals surface area contributed by atoms with Crippen molar-refractivity contribution in [3.05, 3.63) is 0 Å². The molecule has 0 aliphatic rings. The van der Waals surface area contributed by atoms with Crippen LogP contribution in [0.15, 0.2) is 0 Å². The predicted octanol–water partition coefficient (Wildman–Crippen LogP) is 60.8. The molecule has 0 saturated carbocycles. The van der Waals surface area contributed by atoms with Crippen LogP contribution in [0.25, 0.3) is 0 Å². The fourth-order valence-electron chi connectivity index (χ4n) is 6.54. The molecule has 0 nitrogen and oxygen atoms in total. The van der Waals surface area contributed by atoms with Crippen molar-refractivity contribution in [2.45, 2.75) is 0 Å². The fourth-order valence-corrected chi connectivity index (χ4v) is 1590. The van der Waals surface area contributed by atoms with Crippen molar-refractivity contribution in [1.29, 1.82) is 0 Å². The van der Waals surface area contributed by atoms with Crippen LogP contribution in [-0.4, -0.2) is 0 Å². The smallest absolute Gasteiger partial charge is 0.453 e. The molecule has 59 atom stereocenters. The van der Waals surface area contributed by atoms with Gasteiger partial charge in [-0.05, 0) is 349 Å². The second-order valence-electron chi connectivity index (χ2n) is 17.2. The van der Waals surface area contributed by atoms with Crippen molar-refractivity contribution in [3.63, 3.8) is 0 Å². The third kappa shape index (κ3) is 57.4. The van der Waals surface area contributed by atoms with E-state index in [1.54, 1.807) is 0 Å². The molecule has 109 heteroatoms. The van der Waals surface area contributed by atoms with Gasteiger partial charge in [0, 0.05) is 0 Å². The summed E-state index contributed by atoms with van der Waals surface area (Å²) in [5.41, 5.74) is 0. The van der Waals surface area contributed by atoms with Crippen LogP contribution in [0.3, 0.4) is 0 Å². The van der Waals surface area contributed by atoms with Gasteiger partial charge in [0.2, 0.25) is 0 Å². The SMILES string of the molecule is PPP(P)P(P(P(P)P)P(P)P)P(P([P-]P(P(P(P(P(P)P)P(P)P)P(P(P)P)P(P)P)P(P(P(P)P)P(P)P)P(P(P)P)P(P)P)P(P(P(P(P)P)P(P)P)P(P(P)P)P(P)P)P(P(P(P)P)P(P)P)P(P(P)P)P(P)P)P(P(P(P)P)P(P)P)P(P(P)P)P(P)P)P(P(P(P)P)P(P)P)P(P(P)P)P(P)P.[K+]. The van der Waals surface area contributed by atoms with Gasteiger partial charge < -0.3 is 7.96 Å². The van der Waals surface area contributed by atoms with Crippen molar-refractivity contribution in [2.75, 3.05) is 0 Å². The molecule has 0 saturated heterocycles. The minimum atomic E-state index is -0.673. The van der Waals surface area contributed by atoms with Crippen LogP contribution in [0, 0.1) is 0 Å². The van der Waals surface area contributed by atoms with Gasteiger partial charge in [-0.15, -0.1) is 482 Å². The van der Waals surface area contributed by atoms with Gasteiger partial charge in [0.15, 0.2) is 0 Å². The van der Waals surface area contributed by atoms with Gasteiger partial charge >= 0.3 is 51.4 Å². The first-order valence-electron chi connectivity index (χ1n) is 24.6. The van der Waals surface area contributed by atoms with E-state index in [2.05, 4.69) is 490 Å². The molecule has 0 N–H and O–H groups in total. The van der Waals surface area contributed by atoms with Gasteiger partial charge in [-0.25, -0.2) is 0 Å². The van der Waals surface area contributed by atoms with Crippen LogP contribution in [0.2, 0.25) is 0 Å². The third-order valence-corrected chi connectivity index (χ3v) is 772. The van der Waals surface area contributed by atoms with E-state index in [1.807, 2.05) is 0 Å². The zero-order valence-corrected chi connectivity index (χ0v) is 170. The molecule has 0 radical (unpaired) electrons. The molecule has 109 heavy (non-hydrogen) atoms. The Bertz CT molecular complexity index is 1860. The molecule has 650 valence electrons. The summed E-state index contributed by atoms with van der Waals surface area (Å²) >= 11 is 0. The summed E-state index contributed by atoms with van der Waals surface area (Å²) in [7, 11) is 208. The molecule has 59 unspecified atom stereocenters. The van der Waals surface area contributed by atoms with Gasteiger partial charge in [0.25, 0.3) is 0 Å². The van der Waals surface area contributed by atoms with Crippen molar-refractivity contribution < 1.29 is 51.4 Å². The summed E-state index contributed by atoms with van der Waals surface area (Å²) in [6.45, 7) is -23.0. The van der Waals surface area contributed by atoms with Gasteiger partial charge in [-0.2, -0.15) is 14.0 Å². The molecule has 0 aromatic carbocycles. The van der Waals surface area contributed by atoms with E-state index in [4.69, 9.17) is 0 Å². The van der Waals surface area contributed by atoms with E-state index in [0.717, 1.165) is 7.96 Å². The monoisotopic (exact) mass is 3490 g/mol. The number of rotatable bonds is 53. The Morgan fingerprint density at radius 1 is 0.119 bits per heavy atom. The summed E-state index contributed by atoms with van der Waals surface area (Å²) < 4.78 is 0. The molecule has 0 spiro atoms. The van der Waals surface area contributed by atoms with E-state index in [-0.39, 0.29) is 93.3 Å². The van der Waals surface area contributed by atoms with Crippen LogP contribution in [0.5, 0.6) is 0 Å². The molecule has 0 aliphatic heterocycles. The van der Waals surface area contributed by atoms with Crippen molar-refractivity contribution in [1.82, 2.24) is 0 Å². The summed E-state index contributed by atoms with van der Waals surface area (Å²) in [4.78, 5) is 0. The zero-order chi connectivity index (χ0) is 85.4. The maximum Gasteiger partial charge on any atom is 1.00 e. The third-order valence-electron chi connectivity index (χ3n) is 9.54. The molecule has 0 aliphatic carbocycles. The van der Waals surface area contributed by atoms with Crippen molar-refractivity contribution >= 4 is 861 Å². The van der Waals surface area contributed by atoms with Gasteiger partial charge in [0.05, 0.1) is 0 Å². The van der Waals surface area contributed by atoms with E-state index in [0.29, 0.717) is 0 Å². The summed E-state index contributed by atoms with van der Waals surface area (Å²) in [6, 6.07) is 0. The average Bonchev–Trinajstić information content (AvgIpc) is 0.723. The second kappa shape index (κ2) is 88.4. The summed E-state index contributed by atoms with van der Waals surface area (Å²) in [6.07, 6.45) is 0. The molecule has 0 rings (SSSR count). The number of hydrogen-bond donors (Lipinski definition) is 0. The molecule has 0 heterocycles. The minimum absolute atomic E-state index is 0. The molecular weight excluding hydrogens is 3380 g/mol. The van der Waals surface area contributed by atoms with Gasteiger partial charge in [-0.1, -0.05) is 7.96 Å². The van der Waals surface area contributed by atoms with Crippen molar-refractivity contribution in [3.8, 4) is 0 Å². The second-order valence-corrected chi connectivity index (χ2v) is 463. The Kier molecular flexibility index (Phi) is 129. The Labute approximate surface area is 896 Å².